The summed E-state index contributed by atoms with van der Waals surface area (Å²) in [5.41, 5.74) is 2.25. The second-order valence-electron chi connectivity index (χ2n) is 11.1. The molecule has 1 aromatic carbocycles. The summed E-state index contributed by atoms with van der Waals surface area (Å²) >= 11 is 0. The number of hydrogen-bond donors (Lipinski definition) is 2. The van der Waals surface area contributed by atoms with E-state index in [1.165, 1.54) is 6.42 Å². The maximum absolute atomic E-state index is 13.8. The molecule has 0 bridgehead atoms. The van der Waals surface area contributed by atoms with Crippen molar-refractivity contribution in [3.8, 4) is 0 Å². The van der Waals surface area contributed by atoms with Crippen LogP contribution in [0.4, 0.5) is 4.79 Å². The van der Waals surface area contributed by atoms with Crippen LogP contribution >= 0.6 is 0 Å². The second kappa shape index (κ2) is 14.2. The first-order valence-electron chi connectivity index (χ1n) is 13.7. The lowest BCUT2D eigenvalue weighted by molar-refractivity contribution is -0.140. The molecule has 1 aliphatic carbocycles. The van der Waals surface area contributed by atoms with Gasteiger partial charge in [-0.25, -0.2) is 4.79 Å². The molecular weight excluding hydrogens is 454 g/mol. The molecule has 1 aromatic rings. The molecule has 1 aliphatic rings. The van der Waals surface area contributed by atoms with Gasteiger partial charge in [0.05, 0.1) is 0 Å². The van der Waals surface area contributed by atoms with Gasteiger partial charge >= 0.3 is 6.09 Å². The topological polar surface area (TPSA) is 87.7 Å². The van der Waals surface area contributed by atoms with E-state index in [-0.39, 0.29) is 24.4 Å². The summed E-state index contributed by atoms with van der Waals surface area (Å²) in [5, 5.41) is 5.83. The van der Waals surface area contributed by atoms with Crippen molar-refractivity contribution in [2.75, 3.05) is 13.1 Å². The Balaban J connectivity index is 2.32. The summed E-state index contributed by atoms with van der Waals surface area (Å²) in [4.78, 5) is 41.2. The largest absolute Gasteiger partial charge is 0.444 e. The SMILES string of the molecule is CCCCCCN(C(=O)CNC(=O)OC(C)(C)C)C(C(=O)NC1CCCCC1)c1ccc(C)cc1C. The van der Waals surface area contributed by atoms with E-state index in [2.05, 4.69) is 23.6 Å². The van der Waals surface area contributed by atoms with Gasteiger partial charge in [-0.1, -0.05) is 69.2 Å². The van der Waals surface area contributed by atoms with Crippen molar-refractivity contribution in [3.63, 3.8) is 0 Å². The van der Waals surface area contributed by atoms with Crippen molar-refractivity contribution in [3.05, 3.63) is 34.9 Å². The average molecular weight is 502 g/mol. The number of carbonyl (C=O) groups excluding carboxylic acids is 3. The quantitative estimate of drug-likeness (QED) is 0.379. The van der Waals surface area contributed by atoms with E-state index in [1.54, 1.807) is 25.7 Å². The first-order valence-corrected chi connectivity index (χ1v) is 13.7. The number of nitrogens with zero attached hydrogens (tertiary/aromatic N) is 1. The number of ether oxygens (including phenoxy) is 1. The lowest BCUT2D eigenvalue weighted by atomic mass is 9.93. The van der Waals surface area contributed by atoms with Gasteiger partial charge in [-0.2, -0.15) is 0 Å². The highest BCUT2D eigenvalue weighted by Crippen LogP contribution is 2.28. The summed E-state index contributed by atoms with van der Waals surface area (Å²) in [5.74, 6) is -0.434. The van der Waals surface area contributed by atoms with Crippen LogP contribution in [-0.2, 0) is 14.3 Å². The Morgan fingerprint density at radius 3 is 2.36 bits per heavy atom. The molecule has 36 heavy (non-hydrogen) atoms. The van der Waals surface area contributed by atoms with Gasteiger partial charge in [-0.3, -0.25) is 9.59 Å². The molecule has 0 radical (unpaired) electrons. The number of rotatable bonds is 11. The molecule has 0 saturated heterocycles. The lowest BCUT2D eigenvalue weighted by Crippen LogP contribution is -2.50. The van der Waals surface area contributed by atoms with Gasteiger partial charge < -0.3 is 20.3 Å². The molecule has 0 aromatic heterocycles. The molecular formula is C29H47N3O4. The minimum Gasteiger partial charge on any atom is -0.444 e. The van der Waals surface area contributed by atoms with Gasteiger partial charge in [0.25, 0.3) is 0 Å². The summed E-state index contributed by atoms with van der Waals surface area (Å²) < 4.78 is 5.31. The second-order valence-corrected chi connectivity index (χ2v) is 11.1. The Hall–Kier alpha value is -2.57. The third-order valence-electron chi connectivity index (χ3n) is 6.59. The molecule has 2 N–H and O–H groups in total. The van der Waals surface area contributed by atoms with Crippen LogP contribution in [0, 0.1) is 13.8 Å². The molecule has 0 aliphatic heterocycles. The molecule has 1 saturated carbocycles. The number of benzene rings is 1. The maximum atomic E-state index is 13.8. The van der Waals surface area contributed by atoms with E-state index in [4.69, 9.17) is 4.74 Å². The fraction of sp³-hybridized carbons (Fsp3) is 0.690. The van der Waals surface area contributed by atoms with Crippen molar-refractivity contribution < 1.29 is 19.1 Å². The van der Waals surface area contributed by atoms with E-state index >= 15 is 0 Å². The van der Waals surface area contributed by atoms with Crippen LogP contribution in [0.3, 0.4) is 0 Å². The van der Waals surface area contributed by atoms with Gasteiger partial charge in [0, 0.05) is 12.6 Å². The molecule has 202 valence electrons. The third-order valence-corrected chi connectivity index (χ3v) is 6.59. The fourth-order valence-corrected chi connectivity index (χ4v) is 4.78. The predicted molar refractivity (Wildman–Crippen MR) is 144 cm³/mol. The van der Waals surface area contributed by atoms with Crippen molar-refractivity contribution in [2.24, 2.45) is 0 Å². The van der Waals surface area contributed by atoms with Crippen LogP contribution in [-0.4, -0.2) is 47.5 Å². The molecule has 0 heterocycles. The highest BCUT2D eigenvalue weighted by atomic mass is 16.6. The number of nitrogens with one attached hydrogen (secondary N) is 2. The third kappa shape index (κ3) is 9.82. The number of alkyl carbamates (subject to hydrolysis) is 1. The average Bonchev–Trinajstić information content (AvgIpc) is 2.80. The molecule has 7 heteroatoms. The summed E-state index contributed by atoms with van der Waals surface area (Å²) in [6.07, 6.45) is 8.64. The van der Waals surface area contributed by atoms with Crippen molar-refractivity contribution in [1.29, 1.82) is 0 Å². The van der Waals surface area contributed by atoms with Gasteiger partial charge in [-0.15, -0.1) is 0 Å². The number of hydrogen-bond acceptors (Lipinski definition) is 4. The van der Waals surface area contributed by atoms with Crippen molar-refractivity contribution >= 4 is 17.9 Å². The predicted octanol–water partition coefficient (Wildman–Crippen LogP) is 5.73. The first-order chi connectivity index (χ1) is 17.0. The molecule has 1 fully saturated rings. The van der Waals surface area contributed by atoms with E-state index in [1.807, 2.05) is 26.0 Å². The zero-order chi connectivity index (χ0) is 26.7. The number of carbonyl (C=O) groups is 3. The molecule has 1 atom stereocenters. The van der Waals surface area contributed by atoms with Crippen LogP contribution in [0.2, 0.25) is 0 Å². The normalized spacial score (nSPS) is 15.2. The standard InChI is InChI=1S/C29H47N3O4/c1-7-8-9-13-18-32(25(33)20-30-28(35)36-29(4,5)6)26(24-17-16-21(2)19-22(24)3)27(34)31-23-14-11-10-12-15-23/h16-17,19,23,26H,7-15,18,20H2,1-6H3,(H,30,35)(H,31,34). The molecule has 7 nitrogen and oxygen atoms in total. The number of aryl methyl sites for hydroxylation is 2. The van der Waals surface area contributed by atoms with Crippen LogP contribution in [0.25, 0.3) is 0 Å². The summed E-state index contributed by atoms with van der Waals surface area (Å²) in [6, 6.07) is 5.39. The van der Waals surface area contributed by atoms with Gasteiger partial charge in [0.15, 0.2) is 0 Å². The Morgan fingerprint density at radius 1 is 1.06 bits per heavy atom. The van der Waals surface area contributed by atoms with Crippen LogP contribution in [0.1, 0.15) is 108 Å². The Labute approximate surface area is 217 Å². The van der Waals surface area contributed by atoms with Gasteiger partial charge in [0.1, 0.15) is 18.2 Å². The lowest BCUT2D eigenvalue weighted by Gasteiger charge is -2.34. The smallest absolute Gasteiger partial charge is 0.408 e. The summed E-state index contributed by atoms with van der Waals surface area (Å²) in [7, 11) is 0. The van der Waals surface area contributed by atoms with Crippen LogP contribution in [0.15, 0.2) is 18.2 Å². The number of amides is 3. The van der Waals surface area contributed by atoms with Gasteiger partial charge in [-0.05, 0) is 65.0 Å². The fourth-order valence-electron chi connectivity index (χ4n) is 4.78. The monoisotopic (exact) mass is 501 g/mol. The molecule has 0 spiro atoms. The van der Waals surface area contributed by atoms with Crippen LogP contribution in [0.5, 0.6) is 0 Å². The molecule has 2 rings (SSSR count). The molecule has 1 unspecified atom stereocenters. The van der Waals surface area contributed by atoms with E-state index in [9.17, 15) is 14.4 Å². The van der Waals surface area contributed by atoms with Crippen molar-refractivity contribution in [1.82, 2.24) is 15.5 Å². The summed E-state index contributed by atoms with van der Waals surface area (Å²) in [6.45, 7) is 11.7. The Bertz CT molecular complexity index is 872. The van der Waals surface area contributed by atoms with E-state index in [0.717, 1.165) is 68.1 Å². The highest BCUT2D eigenvalue weighted by Gasteiger charge is 2.33. The zero-order valence-electron chi connectivity index (χ0n) is 23.2. The zero-order valence-corrected chi connectivity index (χ0v) is 23.2. The van der Waals surface area contributed by atoms with Gasteiger partial charge in [0.2, 0.25) is 11.8 Å². The van der Waals surface area contributed by atoms with Crippen LogP contribution < -0.4 is 10.6 Å². The first kappa shape index (κ1) is 29.7. The minimum atomic E-state index is -0.748. The highest BCUT2D eigenvalue weighted by molar-refractivity contribution is 5.90. The Kier molecular flexibility index (Phi) is 11.7. The molecule has 3 amide bonds. The van der Waals surface area contributed by atoms with Crippen molar-refractivity contribution in [2.45, 2.75) is 117 Å². The van der Waals surface area contributed by atoms with E-state index < -0.39 is 17.7 Å². The maximum Gasteiger partial charge on any atom is 0.408 e. The number of unbranched alkanes of at least 4 members (excludes halogenated alkanes) is 3. The minimum absolute atomic E-state index is 0.136. The Morgan fingerprint density at radius 2 is 1.75 bits per heavy atom. The van der Waals surface area contributed by atoms with E-state index in [0.29, 0.717) is 6.54 Å².